The van der Waals surface area contributed by atoms with E-state index in [2.05, 4.69) is 22.9 Å². The summed E-state index contributed by atoms with van der Waals surface area (Å²) in [7, 11) is 0. The van der Waals surface area contributed by atoms with Gasteiger partial charge in [-0.3, -0.25) is 0 Å². The average Bonchev–Trinajstić information content (AvgIpc) is 2.29. The van der Waals surface area contributed by atoms with Gasteiger partial charge < -0.3 is 0 Å². The van der Waals surface area contributed by atoms with Gasteiger partial charge in [-0.1, -0.05) is 41.8 Å². The molecule has 0 saturated heterocycles. The van der Waals surface area contributed by atoms with E-state index < -0.39 is 11.6 Å². The molecule has 0 amide bonds. The fourth-order valence-corrected chi connectivity index (χ4v) is 3.46. The first kappa shape index (κ1) is 13.0. The van der Waals surface area contributed by atoms with Gasteiger partial charge in [0, 0.05) is 16.5 Å². The highest BCUT2D eigenvalue weighted by molar-refractivity contribution is 9.09. The quantitative estimate of drug-likeness (QED) is 0.656. The van der Waals surface area contributed by atoms with Crippen molar-refractivity contribution in [2.45, 2.75) is 37.4 Å². The van der Waals surface area contributed by atoms with E-state index in [0.717, 1.165) is 24.8 Å². The molecule has 1 aliphatic carbocycles. The van der Waals surface area contributed by atoms with Gasteiger partial charge in [-0.2, -0.15) is 0 Å². The molecule has 1 aromatic rings. The first-order valence-electron chi connectivity index (χ1n) is 6.17. The van der Waals surface area contributed by atoms with Gasteiger partial charge in [0.2, 0.25) is 0 Å². The van der Waals surface area contributed by atoms with Gasteiger partial charge in [0.05, 0.1) is 0 Å². The second-order valence-corrected chi connectivity index (χ2v) is 6.07. The summed E-state index contributed by atoms with van der Waals surface area (Å²) < 4.78 is 26.5. The second kappa shape index (κ2) is 5.47. The molecule has 94 valence electrons. The Balaban J connectivity index is 2.11. The summed E-state index contributed by atoms with van der Waals surface area (Å²) >= 11 is 3.58. The Kier molecular flexibility index (Phi) is 4.18. The van der Waals surface area contributed by atoms with Crippen LogP contribution in [-0.4, -0.2) is 0 Å². The van der Waals surface area contributed by atoms with Crippen molar-refractivity contribution in [2.24, 2.45) is 11.8 Å². The Hall–Kier alpha value is -0.440. The molecule has 0 nitrogen and oxygen atoms in total. The zero-order chi connectivity index (χ0) is 12.4. The number of rotatable bonds is 2. The van der Waals surface area contributed by atoms with Crippen LogP contribution in [0.4, 0.5) is 8.78 Å². The molecule has 1 fully saturated rings. The smallest absolute Gasteiger partial charge is 0.130 e. The minimum Gasteiger partial charge on any atom is -0.207 e. The van der Waals surface area contributed by atoms with Crippen LogP contribution in [0.1, 0.15) is 43.0 Å². The van der Waals surface area contributed by atoms with Crippen molar-refractivity contribution in [3.63, 3.8) is 0 Å². The van der Waals surface area contributed by atoms with Crippen molar-refractivity contribution in [1.29, 1.82) is 0 Å². The summed E-state index contributed by atoms with van der Waals surface area (Å²) in [6.45, 7) is 2.26. The lowest BCUT2D eigenvalue weighted by molar-refractivity contribution is 0.285. The molecule has 17 heavy (non-hydrogen) atoms. The van der Waals surface area contributed by atoms with Gasteiger partial charge in [-0.05, 0) is 30.7 Å². The topological polar surface area (TPSA) is 0 Å². The Bertz CT molecular complexity index is 384. The Morgan fingerprint density at radius 1 is 1.18 bits per heavy atom. The highest BCUT2D eigenvalue weighted by atomic mass is 79.9. The minimum atomic E-state index is -0.511. The normalized spacial score (nSPS) is 26.8. The maximum Gasteiger partial charge on any atom is 0.130 e. The summed E-state index contributed by atoms with van der Waals surface area (Å²) in [5.74, 6) is 0.295. The summed E-state index contributed by atoms with van der Waals surface area (Å²) in [6.07, 6.45) is 4.65. The highest BCUT2D eigenvalue weighted by Crippen LogP contribution is 2.42. The predicted octanol–water partition coefficient (Wildman–Crippen LogP) is 5.23. The lowest BCUT2D eigenvalue weighted by Crippen LogP contribution is -2.17. The zero-order valence-electron chi connectivity index (χ0n) is 9.93. The Morgan fingerprint density at radius 2 is 1.82 bits per heavy atom. The molecule has 0 heterocycles. The third kappa shape index (κ3) is 3.06. The van der Waals surface area contributed by atoms with E-state index in [1.54, 1.807) is 6.07 Å². The predicted molar refractivity (Wildman–Crippen MR) is 69.1 cm³/mol. The van der Waals surface area contributed by atoms with Gasteiger partial charge in [-0.15, -0.1) is 0 Å². The van der Waals surface area contributed by atoms with Crippen molar-refractivity contribution in [2.75, 3.05) is 0 Å². The maximum atomic E-state index is 13.7. The SMILES string of the molecule is CC1CCC(C(Br)c2ccc(F)cc2F)CC1. The van der Waals surface area contributed by atoms with Crippen LogP contribution in [0, 0.1) is 23.5 Å². The van der Waals surface area contributed by atoms with Crippen LogP contribution in [0.2, 0.25) is 0 Å². The van der Waals surface area contributed by atoms with Crippen LogP contribution in [-0.2, 0) is 0 Å². The van der Waals surface area contributed by atoms with E-state index in [4.69, 9.17) is 0 Å². The number of benzene rings is 1. The third-order valence-electron chi connectivity index (χ3n) is 3.73. The van der Waals surface area contributed by atoms with Crippen LogP contribution in [0.25, 0.3) is 0 Å². The number of halogens is 3. The van der Waals surface area contributed by atoms with Crippen molar-refractivity contribution in [3.8, 4) is 0 Å². The monoisotopic (exact) mass is 302 g/mol. The molecule has 0 spiro atoms. The lowest BCUT2D eigenvalue weighted by Gasteiger charge is -2.30. The minimum absolute atomic E-state index is 0.00981. The largest absolute Gasteiger partial charge is 0.207 e. The highest BCUT2D eigenvalue weighted by Gasteiger charge is 2.27. The van der Waals surface area contributed by atoms with Crippen LogP contribution in [0.5, 0.6) is 0 Å². The average molecular weight is 303 g/mol. The molecule has 0 N–H and O–H groups in total. The third-order valence-corrected chi connectivity index (χ3v) is 4.97. The van der Waals surface area contributed by atoms with Gasteiger partial charge in [0.1, 0.15) is 11.6 Å². The van der Waals surface area contributed by atoms with Gasteiger partial charge in [0.15, 0.2) is 0 Å². The molecule has 1 saturated carbocycles. The molecule has 2 rings (SSSR count). The molecule has 1 unspecified atom stereocenters. The molecular formula is C14H17BrF2. The van der Waals surface area contributed by atoms with Crippen molar-refractivity contribution >= 4 is 15.9 Å². The maximum absolute atomic E-state index is 13.7. The van der Waals surface area contributed by atoms with E-state index in [9.17, 15) is 8.78 Å². The fourth-order valence-electron chi connectivity index (χ4n) is 2.56. The van der Waals surface area contributed by atoms with Crippen LogP contribution in [0.3, 0.4) is 0 Å². The van der Waals surface area contributed by atoms with Gasteiger partial charge >= 0.3 is 0 Å². The molecule has 0 aromatic heterocycles. The zero-order valence-corrected chi connectivity index (χ0v) is 11.5. The molecule has 0 aliphatic heterocycles. The molecule has 1 aliphatic rings. The number of hydrogen-bond donors (Lipinski definition) is 0. The summed E-state index contributed by atoms with van der Waals surface area (Å²) in [5, 5.41) is 0. The number of alkyl halides is 1. The van der Waals surface area contributed by atoms with E-state index >= 15 is 0 Å². The number of hydrogen-bond acceptors (Lipinski definition) is 0. The first-order chi connectivity index (χ1) is 8.08. The molecule has 0 bridgehead atoms. The van der Waals surface area contributed by atoms with Crippen LogP contribution < -0.4 is 0 Å². The van der Waals surface area contributed by atoms with Crippen LogP contribution >= 0.6 is 15.9 Å². The van der Waals surface area contributed by atoms with Crippen molar-refractivity contribution in [3.05, 3.63) is 35.4 Å². The summed E-state index contributed by atoms with van der Waals surface area (Å²) in [5.41, 5.74) is 0.589. The van der Waals surface area contributed by atoms with E-state index in [1.807, 2.05) is 0 Å². The van der Waals surface area contributed by atoms with Crippen molar-refractivity contribution in [1.82, 2.24) is 0 Å². The summed E-state index contributed by atoms with van der Waals surface area (Å²) in [6, 6.07) is 3.86. The van der Waals surface area contributed by atoms with Crippen LogP contribution in [0.15, 0.2) is 18.2 Å². The molecular weight excluding hydrogens is 286 g/mol. The fraction of sp³-hybridized carbons (Fsp3) is 0.571. The molecule has 3 heteroatoms. The Morgan fingerprint density at radius 3 is 2.41 bits per heavy atom. The van der Waals surface area contributed by atoms with E-state index in [1.165, 1.54) is 18.9 Å². The standard InChI is InChI=1S/C14H17BrF2/c1-9-2-4-10(5-3-9)14(15)12-7-6-11(16)8-13(12)17/h6-10,14H,2-5H2,1H3. The van der Waals surface area contributed by atoms with E-state index in [0.29, 0.717) is 11.5 Å². The summed E-state index contributed by atoms with van der Waals surface area (Å²) in [4.78, 5) is 0.00981. The van der Waals surface area contributed by atoms with Crippen molar-refractivity contribution < 1.29 is 8.78 Å². The first-order valence-corrected chi connectivity index (χ1v) is 7.08. The Labute approximate surface area is 110 Å². The van der Waals surface area contributed by atoms with Gasteiger partial charge in [-0.25, -0.2) is 8.78 Å². The van der Waals surface area contributed by atoms with E-state index in [-0.39, 0.29) is 4.83 Å². The molecule has 0 radical (unpaired) electrons. The molecule has 1 aromatic carbocycles. The van der Waals surface area contributed by atoms with Gasteiger partial charge in [0.25, 0.3) is 0 Å². The lowest BCUT2D eigenvalue weighted by atomic mass is 9.80. The second-order valence-electron chi connectivity index (χ2n) is 5.09. The molecule has 1 atom stereocenters.